The minimum Gasteiger partial charge on any atom is -0.480 e. The third kappa shape index (κ3) is 8.52. The minimum atomic E-state index is -4.08. The standard InChI is InChI=1S/C22H28Cl2N4O5S/c1-13(2)10-22(3,4)28-34(32,33)27-18(21(30)31)9-14-5-7-15(8-6-14)26-20(29)19-16(23)11-25-12-17(19)24/h5-8,11-13,18,27-28H,9-10H2,1-4H3,(H,26,29)(H,30,31)/t18-/m0/s1. The maximum absolute atomic E-state index is 12.5. The van der Waals surface area contributed by atoms with Crippen LogP contribution in [-0.4, -0.2) is 42.0 Å². The molecule has 0 bridgehead atoms. The van der Waals surface area contributed by atoms with Gasteiger partial charge in [-0.1, -0.05) is 49.2 Å². The van der Waals surface area contributed by atoms with E-state index in [2.05, 4.69) is 19.7 Å². The number of carboxylic acids is 1. The van der Waals surface area contributed by atoms with Crippen molar-refractivity contribution in [2.45, 2.75) is 52.1 Å². The number of aliphatic carboxylic acids is 1. The van der Waals surface area contributed by atoms with Gasteiger partial charge in [0.2, 0.25) is 0 Å². The number of halogens is 2. The number of carboxylic acid groups (broad SMARTS) is 1. The first-order valence-corrected chi connectivity index (χ1v) is 12.7. The van der Waals surface area contributed by atoms with E-state index in [-0.39, 0.29) is 27.9 Å². The van der Waals surface area contributed by atoms with Crippen LogP contribution >= 0.6 is 23.2 Å². The van der Waals surface area contributed by atoms with Crippen molar-refractivity contribution in [2.75, 3.05) is 5.32 Å². The molecule has 0 spiro atoms. The van der Waals surface area contributed by atoms with E-state index in [1.54, 1.807) is 38.1 Å². The number of nitrogens with zero attached hydrogens (tertiary/aromatic N) is 1. The van der Waals surface area contributed by atoms with Crippen LogP contribution in [0.1, 0.15) is 50.0 Å². The first-order valence-electron chi connectivity index (χ1n) is 10.4. The number of benzene rings is 1. The highest BCUT2D eigenvalue weighted by Gasteiger charge is 2.30. The van der Waals surface area contributed by atoms with Crippen molar-refractivity contribution in [3.63, 3.8) is 0 Å². The zero-order chi connectivity index (χ0) is 25.7. The molecule has 1 aromatic carbocycles. The highest BCUT2D eigenvalue weighted by atomic mass is 35.5. The number of hydrogen-bond donors (Lipinski definition) is 4. The molecule has 1 amide bonds. The monoisotopic (exact) mass is 530 g/mol. The molecule has 0 fully saturated rings. The molecule has 9 nitrogen and oxygen atoms in total. The number of aromatic nitrogens is 1. The third-order valence-electron chi connectivity index (χ3n) is 4.66. The van der Waals surface area contributed by atoms with Crippen LogP contribution in [0.2, 0.25) is 10.0 Å². The summed E-state index contributed by atoms with van der Waals surface area (Å²) in [5, 5.41) is 12.4. The number of carbonyl (C=O) groups is 2. The van der Waals surface area contributed by atoms with Crippen LogP contribution in [0.25, 0.3) is 0 Å². The van der Waals surface area contributed by atoms with Crippen molar-refractivity contribution in [3.8, 4) is 0 Å². The molecule has 1 heterocycles. The summed E-state index contributed by atoms with van der Waals surface area (Å²) in [6.45, 7) is 7.41. The van der Waals surface area contributed by atoms with Gasteiger partial charge in [0.05, 0.1) is 15.6 Å². The minimum absolute atomic E-state index is 0.0793. The lowest BCUT2D eigenvalue weighted by atomic mass is 9.94. The van der Waals surface area contributed by atoms with Crippen LogP contribution in [0.15, 0.2) is 36.7 Å². The van der Waals surface area contributed by atoms with E-state index in [1.165, 1.54) is 12.4 Å². The zero-order valence-electron chi connectivity index (χ0n) is 19.2. The second-order valence-electron chi connectivity index (χ2n) is 8.93. The molecular weight excluding hydrogens is 503 g/mol. The fourth-order valence-corrected chi connectivity index (χ4v) is 5.57. The smallest absolute Gasteiger partial charge is 0.322 e. The second kappa shape index (κ2) is 11.5. The number of pyridine rings is 1. The predicted molar refractivity (Wildman–Crippen MR) is 133 cm³/mol. The summed E-state index contributed by atoms with van der Waals surface area (Å²) in [6.07, 6.45) is 3.08. The van der Waals surface area contributed by atoms with E-state index < -0.39 is 33.7 Å². The van der Waals surface area contributed by atoms with Gasteiger partial charge in [0.25, 0.3) is 16.1 Å². The maximum atomic E-state index is 12.5. The SMILES string of the molecule is CC(C)CC(C)(C)NS(=O)(=O)N[C@@H](Cc1ccc(NC(=O)c2c(Cl)cncc2Cl)cc1)C(=O)O. The summed E-state index contributed by atoms with van der Waals surface area (Å²) >= 11 is 12.0. The second-order valence-corrected chi connectivity index (χ2v) is 11.2. The number of carbonyl (C=O) groups excluding carboxylic acids is 1. The molecule has 1 atom stereocenters. The molecule has 0 saturated heterocycles. The number of anilines is 1. The van der Waals surface area contributed by atoms with Crippen LogP contribution in [0.5, 0.6) is 0 Å². The Hall–Kier alpha value is -2.24. The van der Waals surface area contributed by atoms with Gasteiger partial charge in [0.1, 0.15) is 6.04 Å². The average molecular weight is 531 g/mol. The first kappa shape index (κ1) is 28.0. The summed E-state index contributed by atoms with van der Waals surface area (Å²) in [7, 11) is -4.08. The van der Waals surface area contributed by atoms with E-state index in [0.29, 0.717) is 17.7 Å². The quantitative estimate of drug-likeness (QED) is 0.347. The van der Waals surface area contributed by atoms with Gasteiger partial charge in [-0.3, -0.25) is 14.6 Å². The Balaban J connectivity index is 2.08. The molecule has 4 N–H and O–H groups in total. The highest BCUT2D eigenvalue weighted by Crippen LogP contribution is 2.24. The Labute approximate surface area is 209 Å². The van der Waals surface area contributed by atoms with Crippen LogP contribution in [0.4, 0.5) is 5.69 Å². The van der Waals surface area contributed by atoms with Gasteiger partial charge < -0.3 is 10.4 Å². The van der Waals surface area contributed by atoms with Gasteiger partial charge in [-0.15, -0.1) is 0 Å². The maximum Gasteiger partial charge on any atom is 0.322 e. The fourth-order valence-electron chi connectivity index (χ4n) is 3.60. The number of nitrogens with one attached hydrogen (secondary N) is 3. The van der Waals surface area contributed by atoms with Crippen LogP contribution in [0.3, 0.4) is 0 Å². The summed E-state index contributed by atoms with van der Waals surface area (Å²) in [4.78, 5) is 28.0. The highest BCUT2D eigenvalue weighted by molar-refractivity contribution is 7.87. The normalized spacial score (nSPS) is 13.0. The van der Waals surface area contributed by atoms with Crippen LogP contribution < -0.4 is 14.8 Å². The van der Waals surface area contributed by atoms with Gasteiger partial charge >= 0.3 is 5.97 Å². The summed E-state index contributed by atoms with van der Waals surface area (Å²) in [5.41, 5.74) is 0.302. The van der Waals surface area contributed by atoms with Crippen molar-refractivity contribution >= 4 is 51.0 Å². The van der Waals surface area contributed by atoms with Gasteiger partial charge in [0.15, 0.2) is 0 Å². The Kier molecular flexibility index (Phi) is 9.44. The molecule has 0 radical (unpaired) electrons. The molecule has 2 rings (SSSR count). The zero-order valence-corrected chi connectivity index (χ0v) is 21.6. The number of amides is 1. The largest absolute Gasteiger partial charge is 0.480 e. The van der Waals surface area contributed by atoms with Crippen molar-refractivity contribution < 1.29 is 23.1 Å². The number of hydrogen-bond acceptors (Lipinski definition) is 5. The summed E-state index contributed by atoms with van der Waals surface area (Å²) in [6, 6.07) is 4.92. The lowest BCUT2D eigenvalue weighted by Gasteiger charge is -2.28. The Bertz CT molecular complexity index is 1120. The Morgan fingerprint density at radius 2 is 1.65 bits per heavy atom. The van der Waals surface area contributed by atoms with Gasteiger partial charge in [-0.25, -0.2) is 0 Å². The van der Waals surface area contributed by atoms with Crippen LogP contribution in [0, 0.1) is 5.92 Å². The molecule has 12 heteroatoms. The average Bonchev–Trinajstić information content (AvgIpc) is 2.66. The van der Waals surface area contributed by atoms with E-state index in [0.717, 1.165) is 0 Å². The van der Waals surface area contributed by atoms with Gasteiger partial charge in [-0.2, -0.15) is 17.9 Å². The van der Waals surface area contributed by atoms with E-state index in [1.807, 2.05) is 13.8 Å². The number of rotatable bonds is 11. The lowest BCUT2D eigenvalue weighted by molar-refractivity contribution is -0.138. The Morgan fingerprint density at radius 1 is 1.09 bits per heavy atom. The molecule has 0 aliphatic carbocycles. The van der Waals surface area contributed by atoms with Crippen molar-refractivity contribution in [1.29, 1.82) is 0 Å². The molecule has 1 aromatic heterocycles. The fraction of sp³-hybridized carbons (Fsp3) is 0.409. The third-order valence-corrected chi connectivity index (χ3v) is 6.65. The molecule has 0 aliphatic rings. The molecule has 2 aromatic rings. The van der Waals surface area contributed by atoms with E-state index in [4.69, 9.17) is 23.2 Å². The topological polar surface area (TPSA) is 137 Å². The lowest BCUT2D eigenvalue weighted by Crippen LogP contribution is -2.53. The molecule has 0 unspecified atom stereocenters. The summed E-state index contributed by atoms with van der Waals surface area (Å²) < 4.78 is 29.8. The van der Waals surface area contributed by atoms with E-state index in [9.17, 15) is 23.1 Å². The Morgan fingerprint density at radius 3 is 2.15 bits per heavy atom. The predicted octanol–water partition coefficient (Wildman–Crippen LogP) is 3.89. The van der Waals surface area contributed by atoms with Gasteiger partial charge in [0, 0.05) is 23.6 Å². The molecule has 34 heavy (non-hydrogen) atoms. The van der Waals surface area contributed by atoms with Crippen molar-refractivity contribution in [3.05, 3.63) is 57.8 Å². The van der Waals surface area contributed by atoms with Gasteiger partial charge in [-0.05, 0) is 50.3 Å². The van der Waals surface area contributed by atoms with E-state index >= 15 is 0 Å². The molecule has 0 saturated carbocycles. The first-order chi connectivity index (χ1) is 15.7. The molecule has 186 valence electrons. The molecular formula is C22H28Cl2N4O5S. The van der Waals surface area contributed by atoms with Crippen molar-refractivity contribution in [1.82, 2.24) is 14.4 Å². The summed E-state index contributed by atoms with van der Waals surface area (Å²) in [5.74, 6) is -1.60. The van der Waals surface area contributed by atoms with Crippen molar-refractivity contribution in [2.24, 2.45) is 5.92 Å². The van der Waals surface area contributed by atoms with Crippen LogP contribution in [-0.2, 0) is 21.4 Å². The molecule has 0 aliphatic heterocycles.